The van der Waals surface area contributed by atoms with E-state index in [9.17, 15) is 14.0 Å². The predicted octanol–water partition coefficient (Wildman–Crippen LogP) is 3.78. The second-order valence-electron chi connectivity index (χ2n) is 6.14. The average molecular weight is 410 g/mol. The molecule has 1 atom stereocenters. The largest absolute Gasteiger partial charge is 0.443 e. The number of benzene rings is 2. The quantitative estimate of drug-likeness (QED) is 0.710. The molecule has 2 amide bonds. The highest BCUT2D eigenvalue weighted by Gasteiger charge is 2.33. The number of carbonyl (C=O) groups is 2. The minimum Gasteiger partial charge on any atom is -0.443 e. The first-order valence-electron chi connectivity index (χ1n) is 8.63. The van der Waals surface area contributed by atoms with Crippen LogP contribution in [0.4, 0.5) is 4.39 Å². The first-order valence-corrected chi connectivity index (χ1v) is 9.51. The molecule has 0 aliphatic carbocycles. The minimum absolute atomic E-state index is 0.00330. The van der Waals surface area contributed by atoms with Crippen molar-refractivity contribution in [3.8, 4) is 11.3 Å². The summed E-state index contributed by atoms with van der Waals surface area (Å²) in [6.45, 7) is 1.41. The van der Waals surface area contributed by atoms with Crippen molar-refractivity contribution in [1.29, 1.82) is 0 Å². The molecule has 1 aliphatic heterocycles. The second kappa shape index (κ2) is 7.88. The molecule has 2 aromatic carbocycles. The average Bonchev–Trinajstić information content (AvgIpc) is 3.36. The summed E-state index contributed by atoms with van der Waals surface area (Å²) in [6.07, 6.45) is 1.12. The lowest BCUT2D eigenvalue weighted by Crippen LogP contribution is -2.28. The topological polar surface area (TPSA) is 87.8 Å². The van der Waals surface area contributed by atoms with Crippen molar-refractivity contribution in [2.24, 2.45) is 5.10 Å². The smallest absolute Gasteiger partial charge is 0.279 e. The minimum atomic E-state index is -0.568. The zero-order chi connectivity index (χ0) is 20.4. The molecular weight excluding hydrogens is 395 g/mol. The maximum absolute atomic E-state index is 13.5. The van der Waals surface area contributed by atoms with Crippen molar-refractivity contribution >= 4 is 28.7 Å². The Bertz CT molecular complexity index is 1100. The van der Waals surface area contributed by atoms with Gasteiger partial charge in [0.1, 0.15) is 11.2 Å². The molecule has 0 saturated heterocycles. The highest BCUT2D eigenvalue weighted by Crippen LogP contribution is 2.38. The van der Waals surface area contributed by atoms with Crippen LogP contribution in [0.15, 0.2) is 70.5 Å². The van der Waals surface area contributed by atoms with Crippen LogP contribution in [0.2, 0.25) is 0 Å². The molecule has 0 bridgehead atoms. The van der Waals surface area contributed by atoms with E-state index in [2.05, 4.69) is 15.4 Å². The van der Waals surface area contributed by atoms with E-state index < -0.39 is 11.7 Å². The first kappa shape index (κ1) is 18.9. The van der Waals surface area contributed by atoms with E-state index in [-0.39, 0.29) is 27.9 Å². The summed E-state index contributed by atoms with van der Waals surface area (Å²) in [5.74, 6) is -1.13. The highest BCUT2D eigenvalue weighted by atomic mass is 32.2. The van der Waals surface area contributed by atoms with Crippen molar-refractivity contribution < 1.29 is 18.4 Å². The fraction of sp³-hybridized carbons (Fsp3) is 0.100. The number of hydrazone groups is 1. The van der Waals surface area contributed by atoms with Gasteiger partial charge in [-0.05, 0) is 17.7 Å². The van der Waals surface area contributed by atoms with Crippen LogP contribution in [0.5, 0.6) is 0 Å². The molecule has 7 nitrogen and oxygen atoms in total. The second-order valence-corrected chi connectivity index (χ2v) is 7.21. The van der Waals surface area contributed by atoms with Crippen LogP contribution in [0.3, 0.4) is 0 Å². The summed E-state index contributed by atoms with van der Waals surface area (Å²) in [7, 11) is 0. The number of carbonyl (C=O) groups excluding carboxylic acids is 2. The number of nitrogens with one attached hydrogen (secondary N) is 1. The normalized spacial score (nSPS) is 15.9. The zero-order valence-corrected chi connectivity index (χ0v) is 16.0. The Hall–Kier alpha value is -3.46. The summed E-state index contributed by atoms with van der Waals surface area (Å²) in [5.41, 5.74) is 1.26. The molecule has 1 aromatic heterocycles. The zero-order valence-electron chi connectivity index (χ0n) is 15.2. The molecule has 2 heterocycles. The van der Waals surface area contributed by atoms with Gasteiger partial charge in [-0.25, -0.2) is 14.4 Å². The van der Waals surface area contributed by atoms with Gasteiger partial charge in [0.25, 0.3) is 5.91 Å². The Morgan fingerprint density at radius 3 is 2.69 bits per heavy atom. The van der Waals surface area contributed by atoms with E-state index in [4.69, 9.17) is 4.42 Å². The van der Waals surface area contributed by atoms with Gasteiger partial charge < -0.3 is 4.42 Å². The van der Waals surface area contributed by atoms with Crippen LogP contribution in [0.1, 0.15) is 28.3 Å². The lowest BCUT2D eigenvalue weighted by Gasteiger charge is -2.18. The summed E-state index contributed by atoms with van der Waals surface area (Å²) >= 11 is 1.23. The molecular formula is C20H15FN4O3S. The maximum atomic E-state index is 13.5. The van der Waals surface area contributed by atoms with Gasteiger partial charge in [-0.1, -0.05) is 54.2 Å². The Kier molecular flexibility index (Phi) is 5.13. The van der Waals surface area contributed by atoms with E-state index >= 15 is 0 Å². The molecule has 29 heavy (non-hydrogen) atoms. The lowest BCUT2D eigenvalue weighted by molar-refractivity contribution is -0.129. The Labute approximate surface area is 169 Å². The van der Waals surface area contributed by atoms with Gasteiger partial charge in [-0.15, -0.1) is 5.10 Å². The van der Waals surface area contributed by atoms with Gasteiger partial charge in [-0.2, -0.15) is 0 Å². The van der Waals surface area contributed by atoms with Gasteiger partial charge in [0, 0.05) is 12.5 Å². The van der Waals surface area contributed by atoms with Gasteiger partial charge >= 0.3 is 0 Å². The van der Waals surface area contributed by atoms with Gasteiger partial charge in [0.05, 0.1) is 0 Å². The van der Waals surface area contributed by atoms with Crippen LogP contribution < -0.4 is 5.32 Å². The summed E-state index contributed by atoms with van der Waals surface area (Å²) in [5, 5.41) is 8.06. The van der Waals surface area contributed by atoms with E-state index in [1.807, 2.05) is 30.3 Å². The van der Waals surface area contributed by atoms with Crippen LogP contribution in [0.25, 0.3) is 11.3 Å². The molecule has 146 valence electrons. The number of oxazole rings is 1. The van der Waals surface area contributed by atoms with Crippen molar-refractivity contribution in [2.75, 3.05) is 0 Å². The summed E-state index contributed by atoms with van der Waals surface area (Å²) < 4.78 is 18.8. The predicted molar refractivity (Wildman–Crippen MR) is 106 cm³/mol. The van der Waals surface area contributed by atoms with Crippen LogP contribution in [-0.2, 0) is 4.79 Å². The third kappa shape index (κ3) is 3.90. The van der Waals surface area contributed by atoms with Crippen LogP contribution in [0, 0.1) is 5.82 Å². The molecule has 0 fully saturated rings. The summed E-state index contributed by atoms with van der Waals surface area (Å²) in [4.78, 5) is 28.7. The van der Waals surface area contributed by atoms with E-state index in [0.29, 0.717) is 5.56 Å². The molecule has 9 heteroatoms. The van der Waals surface area contributed by atoms with Crippen molar-refractivity contribution in [3.05, 3.63) is 78.1 Å². The number of hydrogen-bond donors (Lipinski definition) is 1. The van der Waals surface area contributed by atoms with Crippen LogP contribution in [-0.4, -0.2) is 27.0 Å². The van der Waals surface area contributed by atoms with E-state index in [0.717, 1.165) is 12.0 Å². The Balaban J connectivity index is 1.56. The molecule has 1 N–H and O–H groups in total. The van der Waals surface area contributed by atoms with E-state index in [1.54, 1.807) is 6.07 Å². The van der Waals surface area contributed by atoms with Crippen molar-refractivity contribution in [3.63, 3.8) is 0 Å². The maximum Gasteiger partial charge on any atom is 0.279 e. The number of amides is 2. The summed E-state index contributed by atoms with van der Waals surface area (Å²) in [6, 6.07) is 15.1. The Morgan fingerprint density at radius 2 is 1.97 bits per heavy atom. The fourth-order valence-corrected chi connectivity index (χ4v) is 3.93. The first-order chi connectivity index (χ1) is 14.0. The van der Waals surface area contributed by atoms with Crippen molar-refractivity contribution in [2.45, 2.75) is 12.3 Å². The molecule has 4 rings (SSSR count). The molecule has 3 aromatic rings. The highest BCUT2D eigenvalue weighted by molar-refractivity contribution is 8.14. The number of thioether (sulfide) groups is 1. The number of nitrogens with zero attached hydrogens (tertiary/aromatic N) is 3. The lowest BCUT2D eigenvalue weighted by atomic mass is 10.1. The molecule has 0 unspecified atom stereocenters. The SMILES string of the molecule is CC(=O)N1N=C(NC(=O)c2ncoc2-c2cccc(F)c2)S[C@H]1c1ccccc1. The third-order valence-corrected chi connectivity index (χ3v) is 5.24. The van der Waals surface area contributed by atoms with E-state index in [1.165, 1.54) is 41.9 Å². The number of hydrogen-bond acceptors (Lipinski definition) is 6. The molecule has 0 spiro atoms. The molecule has 0 saturated carbocycles. The number of halogens is 1. The third-order valence-electron chi connectivity index (χ3n) is 4.14. The number of amidine groups is 1. The van der Waals surface area contributed by atoms with Gasteiger partial charge in [0.2, 0.25) is 5.91 Å². The standard InChI is InChI=1S/C20H15FN4O3S/c1-12(26)25-19(13-6-3-2-4-7-13)29-20(24-25)23-18(27)16-17(28-11-22-16)14-8-5-9-15(21)10-14/h2-11,19H,1H3,(H,23,24,27)/t19-/m0/s1. The number of rotatable bonds is 3. The van der Waals surface area contributed by atoms with Gasteiger partial charge in [-0.3, -0.25) is 14.9 Å². The van der Waals surface area contributed by atoms with Gasteiger partial charge in [0.15, 0.2) is 23.0 Å². The van der Waals surface area contributed by atoms with Crippen LogP contribution >= 0.6 is 11.8 Å². The fourth-order valence-electron chi connectivity index (χ4n) is 2.85. The monoisotopic (exact) mass is 410 g/mol. The number of aromatic nitrogens is 1. The molecule has 1 aliphatic rings. The van der Waals surface area contributed by atoms with Crippen molar-refractivity contribution in [1.82, 2.24) is 15.3 Å². The molecule has 0 radical (unpaired) electrons. The Morgan fingerprint density at radius 1 is 1.17 bits per heavy atom.